The molecular formula is C2H2Cl2Na. The van der Waals surface area contributed by atoms with Gasteiger partial charge in [-0.2, -0.15) is 0 Å². The summed E-state index contributed by atoms with van der Waals surface area (Å²) >= 11 is 9.69. The number of rotatable bonds is 0. The topological polar surface area (TPSA) is 0 Å². The number of hydrogen-bond acceptors (Lipinski definition) is 0. The fourth-order valence-corrected chi connectivity index (χ4v) is 0. The van der Waals surface area contributed by atoms with Gasteiger partial charge in [0.2, 0.25) is 0 Å². The van der Waals surface area contributed by atoms with Crippen LogP contribution in [0.25, 0.3) is 0 Å². The fourth-order valence-electron chi connectivity index (χ4n) is 0. The predicted octanol–water partition coefficient (Wildman–Crippen LogP) is 1.55. The minimum atomic E-state index is 0. The van der Waals surface area contributed by atoms with Crippen LogP contribution in [0.2, 0.25) is 0 Å². The van der Waals surface area contributed by atoms with E-state index in [1.54, 1.807) is 0 Å². The Balaban J connectivity index is 0. The zero-order valence-corrected chi connectivity index (χ0v) is 6.47. The maximum Gasteiger partial charge on any atom is 0.0992 e. The summed E-state index contributed by atoms with van der Waals surface area (Å²) in [7, 11) is 0. The van der Waals surface area contributed by atoms with E-state index in [0.717, 1.165) is 0 Å². The van der Waals surface area contributed by atoms with Crippen LogP contribution in [-0.2, 0) is 0 Å². The molecule has 3 heteroatoms. The van der Waals surface area contributed by atoms with E-state index in [1.165, 1.54) is 0 Å². The molecule has 0 unspecified atom stereocenters. The maximum atomic E-state index is 4.85. The van der Waals surface area contributed by atoms with Crippen molar-refractivity contribution in [1.29, 1.82) is 0 Å². The first-order chi connectivity index (χ1) is 1.73. The molecule has 0 nitrogen and oxygen atoms in total. The largest absolute Gasteiger partial charge is 0.0992 e. The van der Waals surface area contributed by atoms with Crippen molar-refractivity contribution in [2.45, 2.75) is 0 Å². The third kappa shape index (κ3) is 33.7. The smallest absolute Gasteiger partial charge is 0.0716 e. The van der Waals surface area contributed by atoms with Gasteiger partial charge in [0.05, 0.1) is 4.49 Å². The molecule has 0 aromatic rings. The van der Waals surface area contributed by atoms with Gasteiger partial charge in [-0.05, 0) is 0 Å². The first-order valence-electron chi connectivity index (χ1n) is 0.732. The van der Waals surface area contributed by atoms with Gasteiger partial charge in [0.15, 0.2) is 0 Å². The van der Waals surface area contributed by atoms with Gasteiger partial charge in [0.1, 0.15) is 0 Å². The Bertz CT molecular complexity index is 30.6. The molecule has 0 amide bonds. The molecule has 0 aliphatic carbocycles. The Morgan fingerprint density at radius 3 is 1.40 bits per heavy atom. The summed E-state index contributed by atoms with van der Waals surface area (Å²) in [6.45, 7) is 3.09. The van der Waals surface area contributed by atoms with Crippen LogP contribution >= 0.6 is 23.2 Å². The fraction of sp³-hybridized carbons (Fsp3) is 0. The van der Waals surface area contributed by atoms with Gasteiger partial charge in [-0.3, -0.25) is 0 Å². The summed E-state index contributed by atoms with van der Waals surface area (Å²) < 4.78 is 0.111. The zero-order valence-electron chi connectivity index (χ0n) is 2.96. The van der Waals surface area contributed by atoms with Gasteiger partial charge in [-0.1, -0.05) is 29.8 Å². The average Bonchev–Trinajstić information content (AvgIpc) is 0.811. The molecule has 0 saturated carbocycles. The van der Waals surface area contributed by atoms with E-state index in [4.69, 9.17) is 23.2 Å². The van der Waals surface area contributed by atoms with E-state index in [-0.39, 0.29) is 34.0 Å². The Labute approximate surface area is 63.4 Å². The molecule has 1 radical (unpaired) electrons. The summed E-state index contributed by atoms with van der Waals surface area (Å²) in [4.78, 5) is 0. The van der Waals surface area contributed by atoms with Gasteiger partial charge in [0, 0.05) is 29.6 Å². The van der Waals surface area contributed by atoms with Gasteiger partial charge >= 0.3 is 0 Å². The molecule has 5 heavy (non-hydrogen) atoms. The normalized spacial score (nSPS) is 5.20. The van der Waals surface area contributed by atoms with E-state index in [2.05, 4.69) is 6.58 Å². The predicted molar refractivity (Wildman–Crippen MR) is 26.6 cm³/mol. The van der Waals surface area contributed by atoms with E-state index in [9.17, 15) is 0 Å². The quantitative estimate of drug-likeness (QED) is 0.425. The molecule has 0 rings (SSSR count). The summed E-state index contributed by atoms with van der Waals surface area (Å²) in [6, 6.07) is 0. The van der Waals surface area contributed by atoms with Crippen LogP contribution in [0.3, 0.4) is 0 Å². The van der Waals surface area contributed by atoms with Crippen LogP contribution in [0.5, 0.6) is 0 Å². The van der Waals surface area contributed by atoms with Crippen molar-refractivity contribution in [1.82, 2.24) is 0 Å². The molecule has 25 valence electrons. The van der Waals surface area contributed by atoms with Gasteiger partial charge in [-0.25, -0.2) is 0 Å². The molecule has 0 atom stereocenters. The van der Waals surface area contributed by atoms with Crippen molar-refractivity contribution in [2.24, 2.45) is 0 Å². The molecule has 0 aliphatic heterocycles. The molecule has 0 bridgehead atoms. The first-order valence-corrected chi connectivity index (χ1v) is 1.49. The van der Waals surface area contributed by atoms with Crippen molar-refractivity contribution in [2.75, 3.05) is 0 Å². The van der Waals surface area contributed by atoms with Crippen molar-refractivity contribution in [3.63, 3.8) is 0 Å². The summed E-state index contributed by atoms with van der Waals surface area (Å²) in [5, 5.41) is 0. The monoisotopic (exact) mass is 119 g/mol. The van der Waals surface area contributed by atoms with E-state index in [0.29, 0.717) is 0 Å². The standard InChI is InChI=1S/C2H2Cl2.Na/c1-2(3)4;/h1H2;. The van der Waals surface area contributed by atoms with Crippen LogP contribution in [-0.4, -0.2) is 29.6 Å². The third-order valence-corrected chi connectivity index (χ3v) is 0. The summed E-state index contributed by atoms with van der Waals surface area (Å²) in [5.74, 6) is 0. The number of hydrogen-bond donors (Lipinski definition) is 0. The van der Waals surface area contributed by atoms with Gasteiger partial charge in [-0.15, -0.1) is 0 Å². The minimum Gasteiger partial charge on any atom is -0.0716 e. The van der Waals surface area contributed by atoms with E-state index in [1.807, 2.05) is 0 Å². The van der Waals surface area contributed by atoms with Gasteiger partial charge < -0.3 is 0 Å². The van der Waals surface area contributed by atoms with E-state index >= 15 is 0 Å². The summed E-state index contributed by atoms with van der Waals surface area (Å²) in [5.41, 5.74) is 0. The summed E-state index contributed by atoms with van der Waals surface area (Å²) in [6.07, 6.45) is 0. The number of halogens is 2. The second-order valence-electron chi connectivity index (χ2n) is 0.339. The van der Waals surface area contributed by atoms with Crippen molar-refractivity contribution >= 4 is 52.8 Å². The Hall–Kier alpha value is 1.32. The van der Waals surface area contributed by atoms with Crippen LogP contribution in [0.4, 0.5) is 0 Å². The second kappa shape index (κ2) is 5.32. The Morgan fingerprint density at radius 2 is 1.40 bits per heavy atom. The maximum absolute atomic E-state index is 4.85. The van der Waals surface area contributed by atoms with Crippen molar-refractivity contribution in [3.05, 3.63) is 11.1 Å². The van der Waals surface area contributed by atoms with Crippen LogP contribution in [0.1, 0.15) is 0 Å². The Kier molecular flexibility index (Phi) is 10.2. The van der Waals surface area contributed by atoms with Crippen LogP contribution in [0, 0.1) is 0 Å². The molecule has 0 N–H and O–H groups in total. The molecule has 0 aromatic heterocycles. The molecule has 0 saturated heterocycles. The molecule has 0 aliphatic rings. The first kappa shape index (κ1) is 9.58. The zero-order chi connectivity index (χ0) is 3.58. The van der Waals surface area contributed by atoms with Crippen molar-refractivity contribution < 1.29 is 0 Å². The molecule has 0 aromatic carbocycles. The van der Waals surface area contributed by atoms with Crippen molar-refractivity contribution in [3.8, 4) is 0 Å². The Morgan fingerprint density at radius 1 is 1.40 bits per heavy atom. The third-order valence-electron chi connectivity index (χ3n) is 0. The molecule has 0 spiro atoms. The minimum absolute atomic E-state index is 0. The molecular weight excluding hydrogens is 118 g/mol. The molecule has 0 fully saturated rings. The SMILES string of the molecule is C=C(Cl)Cl.[Na]. The van der Waals surface area contributed by atoms with Gasteiger partial charge in [0.25, 0.3) is 0 Å². The van der Waals surface area contributed by atoms with Crippen LogP contribution < -0.4 is 0 Å². The molecule has 0 heterocycles. The van der Waals surface area contributed by atoms with E-state index < -0.39 is 0 Å². The average molecular weight is 120 g/mol. The van der Waals surface area contributed by atoms with Crippen LogP contribution in [0.15, 0.2) is 11.1 Å². The second-order valence-corrected chi connectivity index (χ2v) is 1.44.